The van der Waals surface area contributed by atoms with Crippen LogP contribution in [0.4, 0.5) is 13.2 Å². The number of halogens is 3. The van der Waals surface area contributed by atoms with Crippen molar-refractivity contribution in [3.05, 3.63) is 53.9 Å². The van der Waals surface area contributed by atoms with E-state index in [1.165, 1.54) is 20.0 Å². The highest BCUT2D eigenvalue weighted by molar-refractivity contribution is 7.91. The van der Waals surface area contributed by atoms with Crippen LogP contribution in [0.5, 0.6) is 0 Å². The van der Waals surface area contributed by atoms with Gasteiger partial charge in [0.2, 0.25) is 0 Å². The molecular weight excluding hydrogens is 419 g/mol. The van der Waals surface area contributed by atoms with Crippen LogP contribution >= 0.6 is 0 Å². The van der Waals surface area contributed by atoms with E-state index in [2.05, 4.69) is 9.97 Å². The van der Waals surface area contributed by atoms with Crippen LogP contribution in [0.3, 0.4) is 0 Å². The number of hydrogen-bond donors (Lipinski definition) is 0. The molecule has 0 saturated heterocycles. The van der Waals surface area contributed by atoms with Gasteiger partial charge >= 0.3 is 6.18 Å². The molecule has 0 saturated carbocycles. The van der Waals surface area contributed by atoms with Crippen LogP contribution in [0.2, 0.25) is 0 Å². The van der Waals surface area contributed by atoms with Crippen molar-refractivity contribution in [1.29, 1.82) is 0 Å². The van der Waals surface area contributed by atoms with Crippen molar-refractivity contribution >= 4 is 15.6 Å². The van der Waals surface area contributed by atoms with E-state index < -0.39 is 26.5 Å². The first-order valence-electron chi connectivity index (χ1n) is 8.89. The van der Waals surface area contributed by atoms with E-state index in [4.69, 9.17) is 0 Å². The highest BCUT2D eigenvalue weighted by Gasteiger charge is 2.34. The first-order valence-corrected chi connectivity index (χ1v) is 10.5. The van der Waals surface area contributed by atoms with Gasteiger partial charge in [-0.1, -0.05) is 31.2 Å². The lowest BCUT2D eigenvalue weighted by Crippen LogP contribution is -2.13. The van der Waals surface area contributed by atoms with Gasteiger partial charge in [-0.25, -0.2) is 13.4 Å². The average molecular weight is 437 g/mol. The van der Waals surface area contributed by atoms with Gasteiger partial charge in [-0.2, -0.15) is 13.2 Å². The summed E-state index contributed by atoms with van der Waals surface area (Å²) in [6.45, 7) is 2.79. The Balaban J connectivity index is 2.16. The highest BCUT2D eigenvalue weighted by atomic mass is 32.2. The van der Waals surface area contributed by atoms with Gasteiger partial charge in [0.15, 0.2) is 21.4 Å². The molecule has 0 radical (unpaired) electrons. The van der Waals surface area contributed by atoms with E-state index in [9.17, 15) is 26.4 Å². The number of carbonyl (C=O) groups excluding carboxylic acids is 1. The number of ketones is 1. The Hall–Kier alpha value is -3.01. The van der Waals surface area contributed by atoms with Gasteiger partial charge in [-0.3, -0.25) is 9.78 Å². The van der Waals surface area contributed by atoms with E-state index in [1.807, 2.05) is 0 Å². The molecule has 0 aliphatic carbocycles. The molecule has 0 fully saturated rings. The molecule has 0 aliphatic heterocycles. The number of nitrogens with zero attached hydrogens (tertiary/aromatic N) is 3. The van der Waals surface area contributed by atoms with Gasteiger partial charge in [-0.05, 0) is 18.6 Å². The minimum atomic E-state index is -4.73. The third kappa shape index (κ3) is 4.00. The number of sulfone groups is 1. The van der Waals surface area contributed by atoms with Gasteiger partial charge in [0, 0.05) is 18.8 Å². The van der Waals surface area contributed by atoms with E-state index in [0.29, 0.717) is 29.1 Å². The summed E-state index contributed by atoms with van der Waals surface area (Å²) in [6.07, 6.45) is -2.66. The zero-order chi connectivity index (χ0) is 22.3. The summed E-state index contributed by atoms with van der Waals surface area (Å²) >= 11 is 0. The first-order chi connectivity index (χ1) is 14.0. The van der Waals surface area contributed by atoms with Crippen LogP contribution in [-0.2, 0) is 23.1 Å². The molecular formula is C20H18F3N3O3S. The van der Waals surface area contributed by atoms with Crippen molar-refractivity contribution in [1.82, 2.24) is 14.5 Å². The minimum absolute atomic E-state index is 0.0874. The number of carbonyl (C=O) groups is 1. The quantitative estimate of drug-likeness (QED) is 0.560. The summed E-state index contributed by atoms with van der Waals surface area (Å²) in [5.41, 5.74) is 0.517. The van der Waals surface area contributed by atoms with Crippen molar-refractivity contribution in [3.8, 4) is 22.8 Å². The van der Waals surface area contributed by atoms with Crippen molar-refractivity contribution in [3.63, 3.8) is 0 Å². The summed E-state index contributed by atoms with van der Waals surface area (Å²) in [5, 5.41) is 0. The third-order valence-corrected chi connectivity index (χ3v) is 6.42. The van der Waals surface area contributed by atoms with Crippen molar-refractivity contribution in [2.24, 2.45) is 7.05 Å². The number of hydrogen-bond acceptors (Lipinski definition) is 5. The Morgan fingerprint density at radius 2 is 1.73 bits per heavy atom. The summed E-state index contributed by atoms with van der Waals surface area (Å²) in [5.74, 6) is -0.357. The van der Waals surface area contributed by atoms with Crippen molar-refractivity contribution < 1.29 is 26.4 Å². The number of alkyl halides is 3. The molecule has 1 aromatic carbocycles. The maximum Gasteiger partial charge on any atom is 0.417 e. The highest BCUT2D eigenvalue weighted by Crippen LogP contribution is 2.34. The standard InChI is InChI=1S/C20H18F3N3O3S/c1-4-30(28,29)17-9-15(20(21,22)23)10-24-18(17)19-25-11-16(26(19)3)14-7-5-13(6-8-14)12(2)27/h5-11H,4H2,1-3H3. The number of aromatic nitrogens is 3. The second-order valence-corrected chi connectivity index (χ2v) is 8.88. The molecule has 3 aromatic rings. The van der Waals surface area contributed by atoms with Crippen LogP contribution in [0, 0.1) is 0 Å². The van der Waals surface area contributed by atoms with Gasteiger partial charge < -0.3 is 4.57 Å². The molecule has 0 unspecified atom stereocenters. The number of Topliss-reactive ketones (excluding diaryl/α,β-unsaturated/α-hetero) is 1. The maximum absolute atomic E-state index is 13.1. The predicted octanol–water partition coefficient (Wildman–Crippen LogP) is 4.16. The zero-order valence-electron chi connectivity index (χ0n) is 16.4. The second kappa shape index (κ2) is 7.67. The topological polar surface area (TPSA) is 81.9 Å². The smallest absolute Gasteiger partial charge is 0.326 e. The van der Waals surface area contributed by atoms with Gasteiger partial charge in [0.25, 0.3) is 0 Å². The van der Waals surface area contributed by atoms with Gasteiger partial charge in [-0.15, -0.1) is 0 Å². The third-order valence-electron chi connectivity index (χ3n) is 4.68. The lowest BCUT2D eigenvalue weighted by atomic mass is 10.1. The molecule has 0 aliphatic rings. The van der Waals surface area contributed by atoms with Crippen LogP contribution in [-0.4, -0.2) is 34.5 Å². The SMILES string of the molecule is CCS(=O)(=O)c1cc(C(F)(F)F)cnc1-c1ncc(-c2ccc(C(C)=O)cc2)n1C. The Morgan fingerprint density at radius 3 is 2.27 bits per heavy atom. The fourth-order valence-electron chi connectivity index (χ4n) is 2.93. The molecule has 0 bridgehead atoms. The largest absolute Gasteiger partial charge is 0.417 e. The number of rotatable bonds is 5. The summed E-state index contributed by atoms with van der Waals surface area (Å²) in [7, 11) is -2.39. The molecule has 0 spiro atoms. The summed E-state index contributed by atoms with van der Waals surface area (Å²) in [4.78, 5) is 18.9. The van der Waals surface area contributed by atoms with E-state index in [0.717, 1.165) is 0 Å². The molecule has 0 N–H and O–H groups in total. The molecule has 0 amide bonds. The minimum Gasteiger partial charge on any atom is -0.326 e. The predicted molar refractivity (Wildman–Crippen MR) is 105 cm³/mol. The zero-order valence-corrected chi connectivity index (χ0v) is 17.2. The Labute approximate surface area is 171 Å². The van der Waals surface area contributed by atoms with Gasteiger partial charge in [0.1, 0.15) is 5.69 Å². The van der Waals surface area contributed by atoms with Crippen LogP contribution in [0.15, 0.2) is 47.6 Å². The lowest BCUT2D eigenvalue weighted by Gasteiger charge is -2.13. The number of imidazole rings is 1. The fourth-order valence-corrected chi connectivity index (χ4v) is 3.99. The van der Waals surface area contributed by atoms with Crippen molar-refractivity contribution in [2.45, 2.75) is 24.9 Å². The normalized spacial score (nSPS) is 12.2. The van der Waals surface area contributed by atoms with Crippen LogP contribution in [0.1, 0.15) is 29.8 Å². The molecule has 2 aromatic heterocycles. The molecule has 10 heteroatoms. The molecule has 158 valence electrons. The fraction of sp³-hybridized carbons (Fsp3) is 0.250. The maximum atomic E-state index is 13.1. The Kier molecular flexibility index (Phi) is 5.55. The molecule has 6 nitrogen and oxygen atoms in total. The van der Waals surface area contributed by atoms with E-state index >= 15 is 0 Å². The molecule has 30 heavy (non-hydrogen) atoms. The summed E-state index contributed by atoms with van der Waals surface area (Å²) in [6, 6.07) is 7.31. The lowest BCUT2D eigenvalue weighted by molar-refractivity contribution is -0.138. The molecule has 2 heterocycles. The van der Waals surface area contributed by atoms with Gasteiger partial charge in [0.05, 0.1) is 28.1 Å². The van der Waals surface area contributed by atoms with Crippen molar-refractivity contribution in [2.75, 3.05) is 5.75 Å². The molecule has 3 rings (SSSR count). The van der Waals surface area contributed by atoms with E-state index in [-0.39, 0.29) is 23.1 Å². The monoisotopic (exact) mass is 437 g/mol. The van der Waals surface area contributed by atoms with E-state index in [1.54, 1.807) is 35.9 Å². The first kappa shape index (κ1) is 21.7. The Bertz CT molecular complexity index is 1210. The Morgan fingerprint density at radius 1 is 1.10 bits per heavy atom. The number of benzene rings is 1. The van der Waals surface area contributed by atoms with Crippen LogP contribution in [0.25, 0.3) is 22.8 Å². The molecule has 0 atom stereocenters. The second-order valence-electron chi connectivity index (χ2n) is 6.63. The number of pyridine rings is 1. The average Bonchev–Trinajstić information content (AvgIpc) is 3.08. The van der Waals surface area contributed by atoms with Crippen LogP contribution < -0.4 is 0 Å². The summed E-state index contributed by atoms with van der Waals surface area (Å²) < 4.78 is 65.8.